The lowest BCUT2D eigenvalue weighted by atomic mass is 9.95. The predicted octanol–water partition coefficient (Wildman–Crippen LogP) is 2.11. The SMILES string of the molecule is COc1cccc(C2/C(=C(/O)c3ccccc3)C(=O)C(=O)N2CCO)c1. The molecule has 134 valence electrons. The fraction of sp³-hybridized carbons (Fsp3) is 0.200. The van der Waals surface area contributed by atoms with Crippen LogP contribution in [0.4, 0.5) is 0 Å². The van der Waals surface area contributed by atoms with Gasteiger partial charge in [0.05, 0.1) is 25.3 Å². The molecule has 0 saturated carbocycles. The Morgan fingerprint density at radius 2 is 1.85 bits per heavy atom. The number of aliphatic hydroxyl groups excluding tert-OH is 2. The number of rotatable bonds is 5. The van der Waals surface area contributed by atoms with Crippen molar-refractivity contribution in [2.45, 2.75) is 6.04 Å². The van der Waals surface area contributed by atoms with Crippen molar-refractivity contribution in [3.05, 3.63) is 71.3 Å². The van der Waals surface area contributed by atoms with E-state index in [4.69, 9.17) is 4.74 Å². The Bertz CT molecular complexity index is 860. The van der Waals surface area contributed by atoms with E-state index < -0.39 is 17.7 Å². The van der Waals surface area contributed by atoms with E-state index in [2.05, 4.69) is 0 Å². The van der Waals surface area contributed by atoms with Crippen LogP contribution in [0, 0.1) is 0 Å². The third-order valence-electron chi connectivity index (χ3n) is 4.34. The molecule has 0 aliphatic carbocycles. The molecule has 1 amide bonds. The molecule has 1 heterocycles. The second-order valence-corrected chi connectivity index (χ2v) is 5.86. The van der Waals surface area contributed by atoms with E-state index >= 15 is 0 Å². The van der Waals surface area contributed by atoms with E-state index in [1.807, 2.05) is 0 Å². The number of β-amino-alcohol motifs (C(OH)–C–C–N with tert-alkyl or cyclic N) is 1. The molecule has 2 N–H and O–H groups in total. The lowest BCUT2D eigenvalue weighted by Gasteiger charge is -2.24. The molecule has 1 saturated heterocycles. The quantitative estimate of drug-likeness (QED) is 0.488. The van der Waals surface area contributed by atoms with E-state index in [1.54, 1.807) is 54.6 Å². The van der Waals surface area contributed by atoms with E-state index in [0.717, 1.165) is 0 Å². The highest BCUT2D eigenvalue weighted by molar-refractivity contribution is 6.46. The van der Waals surface area contributed by atoms with Crippen LogP contribution in [0.3, 0.4) is 0 Å². The minimum Gasteiger partial charge on any atom is -0.507 e. The number of benzene rings is 2. The fourth-order valence-electron chi connectivity index (χ4n) is 3.13. The number of Topliss-reactive ketones (excluding diaryl/α,β-unsaturated/α-hetero) is 1. The number of amides is 1. The van der Waals surface area contributed by atoms with Crippen molar-refractivity contribution in [2.75, 3.05) is 20.3 Å². The lowest BCUT2D eigenvalue weighted by Crippen LogP contribution is -2.32. The van der Waals surface area contributed by atoms with Gasteiger partial charge in [-0.2, -0.15) is 0 Å². The summed E-state index contributed by atoms with van der Waals surface area (Å²) in [6, 6.07) is 14.8. The van der Waals surface area contributed by atoms with Gasteiger partial charge in [0.25, 0.3) is 11.7 Å². The Morgan fingerprint density at radius 1 is 1.12 bits per heavy atom. The summed E-state index contributed by atoms with van der Waals surface area (Å²) in [6.07, 6.45) is 0. The van der Waals surface area contributed by atoms with Gasteiger partial charge >= 0.3 is 0 Å². The van der Waals surface area contributed by atoms with Crippen LogP contribution < -0.4 is 4.74 Å². The van der Waals surface area contributed by atoms with Crippen LogP contribution in [0.15, 0.2) is 60.2 Å². The van der Waals surface area contributed by atoms with Crippen LogP contribution in [-0.2, 0) is 9.59 Å². The van der Waals surface area contributed by atoms with Gasteiger partial charge in [-0.05, 0) is 17.7 Å². The maximum atomic E-state index is 12.6. The normalized spacial score (nSPS) is 19.0. The summed E-state index contributed by atoms with van der Waals surface area (Å²) in [5.41, 5.74) is 1.07. The molecule has 1 unspecified atom stereocenters. The first-order valence-electron chi connectivity index (χ1n) is 8.17. The number of hydrogen-bond donors (Lipinski definition) is 2. The fourth-order valence-corrected chi connectivity index (χ4v) is 3.13. The molecule has 2 aromatic rings. The number of ketones is 1. The number of likely N-dealkylation sites (tertiary alicyclic amines) is 1. The molecule has 1 atom stereocenters. The molecule has 1 fully saturated rings. The Hall–Kier alpha value is -3.12. The van der Waals surface area contributed by atoms with Crippen molar-refractivity contribution in [1.29, 1.82) is 0 Å². The van der Waals surface area contributed by atoms with Crippen molar-refractivity contribution < 1.29 is 24.5 Å². The Balaban J connectivity index is 2.19. The molecule has 0 spiro atoms. The first-order chi connectivity index (χ1) is 12.6. The maximum Gasteiger partial charge on any atom is 0.295 e. The lowest BCUT2D eigenvalue weighted by molar-refractivity contribution is -0.140. The van der Waals surface area contributed by atoms with Gasteiger partial charge in [0.15, 0.2) is 0 Å². The Morgan fingerprint density at radius 3 is 2.50 bits per heavy atom. The average Bonchev–Trinajstić information content (AvgIpc) is 2.93. The first-order valence-corrected chi connectivity index (χ1v) is 8.17. The molecule has 26 heavy (non-hydrogen) atoms. The predicted molar refractivity (Wildman–Crippen MR) is 95.5 cm³/mol. The number of nitrogens with zero attached hydrogens (tertiary/aromatic N) is 1. The summed E-state index contributed by atoms with van der Waals surface area (Å²) in [7, 11) is 1.52. The van der Waals surface area contributed by atoms with Crippen LogP contribution in [0.2, 0.25) is 0 Å². The minimum absolute atomic E-state index is 0.00269. The van der Waals surface area contributed by atoms with Gasteiger partial charge in [0.2, 0.25) is 0 Å². The van der Waals surface area contributed by atoms with Gasteiger partial charge in [0, 0.05) is 12.1 Å². The number of methoxy groups -OCH3 is 1. The number of hydrogen-bond acceptors (Lipinski definition) is 5. The maximum absolute atomic E-state index is 12.6. The zero-order valence-corrected chi connectivity index (χ0v) is 14.3. The largest absolute Gasteiger partial charge is 0.507 e. The third-order valence-corrected chi connectivity index (χ3v) is 4.34. The molecule has 6 heteroatoms. The van der Waals surface area contributed by atoms with Crippen LogP contribution in [-0.4, -0.2) is 47.1 Å². The standard InChI is InChI=1S/C20H19NO5/c1-26-15-9-5-8-14(12-15)17-16(18(23)13-6-3-2-4-7-13)19(24)20(25)21(17)10-11-22/h2-9,12,17,22-23H,10-11H2,1H3/b18-16-. The van der Waals surface area contributed by atoms with Crippen molar-refractivity contribution in [2.24, 2.45) is 0 Å². The molecule has 0 radical (unpaired) electrons. The summed E-state index contributed by atoms with van der Waals surface area (Å²) in [6.45, 7) is -0.309. The third kappa shape index (κ3) is 3.07. The van der Waals surface area contributed by atoms with Gasteiger partial charge < -0.3 is 19.8 Å². The summed E-state index contributed by atoms with van der Waals surface area (Å²) in [5, 5.41) is 20.1. The topological polar surface area (TPSA) is 87.1 Å². The molecule has 0 bridgehead atoms. The number of ether oxygens (including phenoxy) is 1. The van der Waals surface area contributed by atoms with Crippen LogP contribution in [0.5, 0.6) is 5.75 Å². The van der Waals surface area contributed by atoms with Crippen molar-refractivity contribution in [1.82, 2.24) is 4.90 Å². The Labute approximate surface area is 150 Å². The second kappa shape index (κ2) is 7.41. The second-order valence-electron chi connectivity index (χ2n) is 5.86. The molecule has 3 rings (SSSR count). The molecule has 1 aliphatic rings. The minimum atomic E-state index is -0.794. The summed E-state index contributed by atoms with van der Waals surface area (Å²) in [4.78, 5) is 26.4. The van der Waals surface area contributed by atoms with Gasteiger partial charge in [-0.25, -0.2) is 0 Å². The molecule has 2 aromatic carbocycles. The monoisotopic (exact) mass is 353 g/mol. The molecule has 1 aliphatic heterocycles. The number of aliphatic hydroxyl groups is 2. The smallest absolute Gasteiger partial charge is 0.295 e. The highest BCUT2D eigenvalue weighted by atomic mass is 16.5. The number of carbonyl (C=O) groups excluding carboxylic acids is 2. The van der Waals surface area contributed by atoms with E-state index in [9.17, 15) is 19.8 Å². The molecular formula is C20H19NO5. The van der Waals surface area contributed by atoms with Crippen LogP contribution in [0.1, 0.15) is 17.2 Å². The summed E-state index contributed by atoms with van der Waals surface area (Å²) >= 11 is 0. The molecular weight excluding hydrogens is 334 g/mol. The van der Waals surface area contributed by atoms with Gasteiger partial charge in [0.1, 0.15) is 11.5 Å². The van der Waals surface area contributed by atoms with E-state index in [0.29, 0.717) is 16.9 Å². The number of carbonyl (C=O) groups is 2. The van der Waals surface area contributed by atoms with Crippen LogP contribution in [0.25, 0.3) is 5.76 Å². The summed E-state index contributed by atoms with van der Waals surface area (Å²) < 4.78 is 5.23. The van der Waals surface area contributed by atoms with Crippen LogP contribution >= 0.6 is 0 Å². The van der Waals surface area contributed by atoms with E-state index in [1.165, 1.54) is 12.0 Å². The highest BCUT2D eigenvalue weighted by Crippen LogP contribution is 2.39. The van der Waals surface area contributed by atoms with Crippen molar-refractivity contribution in [3.8, 4) is 5.75 Å². The zero-order chi connectivity index (χ0) is 18.7. The highest BCUT2D eigenvalue weighted by Gasteiger charge is 2.45. The molecule has 0 aromatic heterocycles. The van der Waals surface area contributed by atoms with Gasteiger partial charge in [-0.1, -0.05) is 42.5 Å². The van der Waals surface area contributed by atoms with Gasteiger partial charge in [-0.3, -0.25) is 9.59 Å². The van der Waals surface area contributed by atoms with Crippen molar-refractivity contribution in [3.63, 3.8) is 0 Å². The van der Waals surface area contributed by atoms with E-state index in [-0.39, 0.29) is 24.5 Å². The molecule has 6 nitrogen and oxygen atoms in total. The zero-order valence-electron chi connectivity index (χ0n) is 14.3. The first kappa shape index (κ1) is 17.7. The summed E-state index contributed by atoms with van der Waals surface area (Å²) in [5.74, 6) is -1.19. The average molecular weight is 353 g/mol. The van der Waals surface area contributed by atoms with Gasteiger partial charge in [-0.15, -0.1) is 0 Å². The van der Waals surface area contributed by atoms with Crippen molar-refractivity contribution >= 4 is 17.4 Å². The Kier molecular flexibility index (Phi) is 5.04.